The summed E-state index contributed by atoms with van der Waals surface area (Å²) in [6, 6.07) is -0.131. The van der Waals surface area contributed by atoms with Crippen LogP contribution in [-0.2, 0) is 4.79 Å². The van der Waals surface area contributed by atoms with Gasteiger partial charge in [-0.15, -0.1) is 0 Å². The van der Waals surface area contributed by atoms with E-state index in [1.54, 1.807) is 4.90 Å². The second-order valence-corrected chi connectivity index (χ2v) is 7.68. The summed E-state index contributed by atoms with van der Waals surface area (Å²) in [6.07, 6.45) is 1.56. The minimum Gasteiger partial charge on any atom is -0.481 e. The van der Waals surface area contributed by atoms with E-state index in [0.29, 0.717) is 18.3 Å². The highest BCUT2D eigenvalue weighted by Crippen LogP contribution is 2.25. The van der Waals surface area contributed by atoms with Crippen LogP contribution in [-0.4, -0.2) is 41.6 Å². The Balaban J connectivity index is 2.48. The molecule has 0 saturated carbocycles. The standard InChI is InChI=1S/C16H30N2O3/c1-11-6-7-18(10-12(11)2)15(21)17-9-13(14(19)20)8-16(3,4)5/h11-13H,6-10H2,1-5H3,(H,17,21)(H,19,20). The Hall–Kier alpha value is -1.26. The van der Waals surface area contributed by atoms with E-state index >= 15 is 0 Å². The maximum atomic E-state index is 12.2. The van der Waals surface area contributed by atoms with E-state index in [-0.39, 0.29) is 18.0 Å². The van der Waals surface area contributed by atoms with Crippen molar-refractivity contribution < 1.29 is 14.7 Å². The first-order valence-corrected chi connectivity index (χ1v) is 7.85. The molecule has 0 bridgehead atoms. The Morgan fingerprint density at radius 3 is 2.38 bits per heavy atom. The molecule has 1 aliphatic heterocycles. The molecule has 0 aliphatic carbocycles. The molecule has 0 spiro atoms. The number of nitrogens with one attached hydrogen (secondary N) is 1. The second-order valence-electron chi connectivity index (χ2n) is 7.68. The van der Waals surface area contributed by atoms with Gasteiger partial charge in [-0.1, -0.05) is 34.6 Å². The smallest absolute Gasteiger partial charge is 0.317 e. The Morgan fingerprint density at radius 2 is 1.90 bits per heavy atom. The molecule has 0 radical (unpaired) electrons. The monoisotopic (exact) mass is 298 g/mol. The van der Waals surface area contributed by atoms with Crippen LogP contribution in [0, 0.1) is 23.2 Å². The normalized spacial score (nSPS) is 24.5. The van der Waals surface area contributed by atoms with E-state index < -0.39 is 11.9 Å². The Kier molecular flexibility index (Phi) is 6.05. The molecular formula is C16H30N2O3. The predicted octanol–water partition coefficient (Wildman–Crippen LogP) is 2.81. The summed E-state index contributed by atoms with van der Waals surface area (Å²) < 4.78 is 0. The van der Waals surface area contributed by atoms with E-state index in [1.165, 1.54) is 0 Å². The zero-order chi connectivity index (χ0) is 16.2. The first-order chi connectivity index (χ1) is 9.60. The van der Waals surface area contributed by atoms with E-state index in [9.17, 15) is 14.7 Å². The fourth-order valence-electron chi connectivity index (χ4n) is 2.76. The minimum atomic E-state index is -0.842. The van der Waals surface area contributed by atoms with Crippen LogP contribution in [0.4, 0.5) is 4.79 Å². The van der Waals surface area contributed by atoms with Crippen LogP contribution in [0.5, 0.6) is 0 Å². The molecule has 0 aromatic heterocycles. The van der Waals surface area contributed by atoms with Crippen molar-refractivity contribution in [2.24, 2.45) is 23.2 Å². The fraction of sp³-hybridized carbons (Fsp3) is 0.875. The van der Waals surface area contributed by atoms with E-state index in [1.807, 2.05) is 20.8 Å². The third-order valence-electron chi connectivity index (χ3n) is 4.33. The fourth-order valence-corrected chi connectivity index (χ4v) is 2.76. The molecule has 2 N–H and O–H groups in total. The van der Waals surface area contributed by atoms with Crippen molar-refractivity contribution in [3.05, 3.63) is 0 Å². The van der Waals surface area contributed by atoms with Crippen molar-refractivity contribution in [1.29, 1.82) is 0 Å². The molecule has 2 amide bonds. The number of rotatable bonds is 4. The van der Waals surface area contributed by atoms with Crippen molar-refractivity contribution in [3.8, 4) is 0 Å². The first kappa shape index (κ1) is 17.8. The van der Waals surface area contributed by atoms with Crippen LogP contribution >= 0.6 is 0 Å². The Bertz CT molecular complexity index is 376. The molecule has 3 unspecified atom stereocenters. The number of carbonyl (C=O) groups is 2. The van der Waals surface area contributed by atoms with Crippen LogP contribution < -0.4 is 5.32 Å². The molecule has 1 saturated heterocycles. The summed E-state index contributed by atoms with van der Waals surface area (Å²) in [7, 11) is 0. The van der Waals surface area contributed by atoms with E-state index in [4.69, 9.17) is 0 Å². The van der Waals surface area contributed by atoms with Crippen LogP contribution in [0.1, 0.15) is 47.5 Å². The lowest BCUT2D eigenvalue weighted by atomic mass is 9.84. The minimum absolute atomic E-state index is 0.0666. The van der Waals surface area contributed by atoms with Gasteiger partial charge in [0, 0.05) is 19.6 Å². The zero-order valence-electron chi connectivity index (χ0n) is 14.0. The van der Waals surface area contributed by atoms with E-state index in [2.05, 4.69) is 19.2 Å². The molecule has 0 aromatic rings. The number of piperidine rings is 1. The molecule has 1 fully saturated rings. The second kappa shape index (κ2) is 7.14. The Labute approximate surface area is 128 Å². The van der Waals surface area contributed by atoms with Gasteiger partial charge in [0.25, 0.3) is 0 Å². The van der Waals surface area contributed by atoms with Crippen molar-refractivity contribution in [1.82, 2.24) is 10.2 Å². The largest absolute Gasteiger partial charge is 0.481 e. The molecule has 122 valence electrons. The molecule has 3 atom stereocenters. The van der Waals surface area contributed by atoms with Crippen LogP contribution in [0.3, 0.4) is 0 Å². The van der Waals surface area contributed by atoms with Crippen LogP contribution in [0.25, 0.3) is 0 Å². The van der Waals surface area contributed by atoms with Crippen molar-refractivity contribution >= 4 is 12.0 Å². The number of nitrogens with zero attached hydrogens (tertiary/aromatic N) is 1. The summed E-state index contributed by atoms with van der Waals surface area (Å²) in [6.45, 7) is 12.1. The van der Waals surface area contributed by atoms with Gasteiger partial charge in [0.1, 0.15) is 0 Å². The van der Waals surface area contributed by atoms with Gasteiger partial charge in [0.15, 0.2) is 0 Å². The van der Waals surface area contributed by atoms with Gasteiger partial charge in [-0.05, 0) is 30.1 Å². The number of carboxylic acids is 1. The molecular weight excluding hydrogens is 268 g/mol. The summed E-state index contributed by atoms with van der Waals surface area (Å²) in [5.74, 6) is -0.239. The summed E-state index contributed by atoms with van der Waals surface area (Å²) in [4.78, 5) is 25.3. The summed E-state index contributed by atoms with van der Waals surface area (Å²) in [5, 5.41) is 12.1. The van der Waals surface area contributed by atoms with Gasteiger partial charge in [-0.3, -0.25) is 4.79 Å². The van der Waals surface area contributed by atoms with Gasteiger partial charge >= 0.3 is 12.0 Å². The number of urea groups is 1. The lowest BCUT2D eigenvalue weighted by Crippen LogP contribution is -2.48. The van der Waals surface area contributed by atoms with Crippen molar-refractivity contribution in [3.63, 3.8) is 0 Å². The van der Waals surface area contributed by atoms with Gasteiger partial charge in [-0.25, -0.2) is 4.79 Å². The van der Waals surface area contributed by atoms with Crippen molar-refractivity contribution in [2.45, 2.75) is 47.5 Å². The van der Waals surface area contributed by atoms with Crippen LogP contribution in [0.15, 0.2) is 0 Å². The number of hydrogen-bond acceptors (Lipinski definition) is 2. The number of carboxylic acid groups (broad SMARTS) is 1. The highest BCUT2D eigenvalue weighted by Gasteiger charge is 2.28. The highest BCUT2D eigenvalue weighted by atomic mass is 16.4. The van der Waals surface area contributed by atoms with Crippen molar-refractivity contribution in [2.75, 3.05) is 19.6 Å². The molecule has 21 heavy (non-hydrogen) atoms. The molecule has 1 rings (SSSR count). The average molecular weight is 298 g/mol. The maximum Gasteiger partial charge on any atom is 0.317 e. The van der Waals surface area contributed by atoms with Gasteiger partial charge < -0.3 is 15.3 Å². The lowest BCUT2D eigenvalue weighted by Gasteiger charge is -2.35. The molecule has 5 nitrogen and oxygen atoms in total. The molecule has 5 heteroatoms. The van der Waals surface area contributed by atoms with Gasteiger partial charge in [-0.2, -0.15) is 0 Å². The lowest BCUT2D eigenvalue weighted by molar-refractivity contribution is -0.142. The topological polar surface area (TPSA) is 69.6 Å². The third-order valence-corrected chi connectivity index (χ3v) is 4.33. The zero-order valence-corrected chi connectivity index (χ0v) is 14.0. The highest BCUT2D eigenvalue weighted by molar-refractivity contribution is 5.76. The first-order valence-electron chi connectivity index (χ1n) is 7.85. The average Bonchev–Trinajstić information content (AvgIpc) is 2.35. The SMILES string of the molecule is CC1CCN(C(=O)NCC(CC(C)(C)C)C(=O)O)CC1C. The summed E-state index contributed by atoms with van der Waals surface area (Å²) >= 11 is 0. The number of likely N-dealkylation sites (tertiary alicyclic amines) is 1. The molecule has 0 aromatic carbocycles. The van der Waals surface area contributed by atoms with Gasteiger partial charge in [0.2, 0.25) is 0 Å². The van der Waals surface area contributed by atoms with Crippen LogP contribution in [0.2, 0.25) is 0 Å². The molecule has 1 aliphatic rings. The maximum absolute atomic E-state index is 12.2. The quantitative estimate of drug-likeness (QED) is 0.838. The number of amides is 2. The third kappa shape index (κ3) is 5.94. The molecule has 1 heterocycles. The Morgan fingerprint density at radius 1 is 1.29 bits per heavy atom. The number of hydrogen-bond donors (Lipinski definition) is 2. The summed E-state index contributed by atoms with van der Waals surface area (Å²) in [5.41, 5.74) is -0.0666. The number of carbonyl (C=O) groups excluding carboxylic acids is 1. The van der Waals surface area contributed by atoms with E-state index in [0.717, 1.165) is 19.5 Å². The van der Waals surface area contributed by atoms with Gasteiger partial charge in [0.05, 0.1) is 5.92 Å². The predicted molar refractivity (Wildman–Crippen MR) is 83.1 cm³/mol. The number of aliphatic carboxylic acids is 1.